The van der Waals surface area contributed by atoms with Gasteiger partial charge in [-0.05, 0) is 79.0 Å². The van der Waals surface area contributed by atoms with E-state index < -0.39 is 5.60 Å². The number of nitriles is 1. The number of hydrogen-bond acceptors (Lipinski definition) is 5. The van der Waals surface area contributed by atoms with Crippen molar-refractivity contribution >= 4 is 5.78 Å². The fourth-order valence-corrected chi connectivity index (χ4v) is 8.23. The molecular weight excluding hydrogens is 486 g/mol. The maximum Gasteiger partial charge on any atom is 0.259 e. The monoisotopic (exact) mass is 519 g/mol. The molecule has 2 heterocycles. The summed E-state index contributed by atoms with van der Waals surface area (Å²) < 4.78 is 3.85. The maximum absolute atomic E-state index is 14.4. The van der Waals surface area contributed by atoms with Crippen molar-refractivity contribution in [1.29, 1.82) is 5.26 Å². The van der Waals surface area contributed by atoms with Crippen molar-refractivity contribution in [2.45, 2.75) is 69.9 Å². The van der Waals surface area contributed by atoms with Crippen LogP contribution < -0.4 is 5.56 Å². The lowest BCUT2D eigenvalue weighted by molar-refractivity contribution is -0.147. The van der Waals surface area contributed by atoms with Crippen LogP contribution in [0, 0.1) is 29.1 Å². The molecule has 4 bridgehead atoms. The van der Waals surface area contributed by atoms with Gasteiger partial charge in [0.15, 0.2) is 0 Å². The first kappa shape index (κ1) is 24.3. The molecule has 3 unspecified atom stereocenters. The Hall–Kier alpha value is -3.76. The summed E-state index contributed by atoms with van der Waals surface area (Å²) in [5.41, 5.74) is 4.80. The molecule has 1 N–H and O–H groups in total. The van der Waals surface area contributed by atoms with Crippen LogP contribution in [0.5, 0.6) is 0 Å². The Morgan fingerprint density at radius 3 is 2.51 bits per heavy atom. The van der Waals surface area contributed by atoms with Gasteiger partial charge in [0.05, 0.1) is 22.9 Å². The zero-order valence-corrected chi connectivity index (χ0v) is 22.3. The van der Waals surface area contributed by atoms with Gasteiger partial charge < -0.3 is 5.11 Å². The van der Waals surface area contributed by atoms with E-state index >= 15 is 0 Å². The summed E-state index contributed by atoms with van der Waals surface area (Å²) in [5, 5.41) is 25.3. The van der Waals surface area contributed by atoms with E-state index in [1.165, 1.54) is 0 Å². The van der Waals surface area contributed by atoms with E-state index in [4.69, 9.17) is 0 Å². The van der Waals surface area contributed by atoms with Gasteiger partial charge in [0.2, 0.25) is 5.78 Å². The van der Waals surface area contributed by atoms with Crippen LogP contribution in [0.25, 0.3) is 16.9 Å². The van der Waals surface area contributed by atoms with E-state index in [0.717, 1.165) is 72.9 Å². The largest absolute Gasteiger partial charge is 0.390 e. The molecule has 7 heteroatoms. The van der Waals surface area contributed by atoms with Crippen LogP contribution in [0.2, 0.25) is 0 Å². The predicted octanol–water partition coefficient (Wildman–Crippen LogP) is 5.09. The molecule has 7 nitrogen and oxygen atoms in total. The van der Waals surface area contributed by atoms with Gasteiger partial charge in [0.1, 0.15) is 6.33 Å². The van der Waals surface area contributed by atoms with Crippen molar-refractivity contribution < 1.29 is 5.11 Å². The summed E-state index contributed by atoms with van der Waals surface area (Å²) in [7, 11) is 0. The first-order valence-corrected chi connectivity index (χ1v) is 14.2. The molecule has 0 aliphatic heterocycles. The molecule has 4 aliphatic carbocycles. The number of fused-ring (bicyclic) bond motifs is 1. The third-order valence-corrected chi connectivity index (χ3v) is 9.50. The second-order valence-electron chi connectivity index (χ2n) is 12.0. The van der Waals surface area contributed by atoms with E-state index in [-0.39, 0.29) is 11.6 Å². The van der Waals surface area contributed by atoms with Gasteiger partial charge in [-0.15, -0.1) is 0 Å². The minimum Gasteiger partial charge on any atom is -0.390 e. The third-order valence-electron chi connectivity index (χ3n) is 9.50. The summed E-state index contributed by atoms with van der Waals surface area (Å²) >= 11 is 0. The minimum atomic E-state index is -0.558. The first-order valence-electron chi connectivity index (χ1n) is 14.2. The highest BCUT2D eigenvalue weighted by atomic mass is 16.3. The highest BCUT2D eigenvalue weighted by molar-refractivity contribution is 5.70. The fraction of sp³-hybridized carbons (Fsp3) is 0.438. The Morgan fingerprint density at radius 2 is 1.82 bits per heavy atom. The fourth-order valence-electron chi connectivity index (χ4n) is 8.23. The van der Waals surface area contributed by atoms with Crippen LogP contribution in [0.15, 0.2) is 59.7 Å². The standard InChI is InChI=1S/C32H33N5O2/c1-2-5-28-27(14-20-8-10-22(11-9-20)26-7-4-3-6-23(26)18-33)30(38)36(31-34-19-35-37(28)31)29-24-12-21-13-25(29)17-32(39,15-21)16-24/h3-4,6-11,19,21,24-25,29,39H,2,5,12-17H2,1H3/t21?,24-,25+,29?,32?. The smallest absolute Gasteiger partial charge is 0.259 e. The zero-order valence-electron chi connectivity index (χ0n) is 22.3. The average Bonchev–Trinajstić information content (AvgIpc) is 3.41. The quantitative estimate of drug-likeness (QED) is 0.383. The summed E-state index contributed by atoms with van der Waals surface area (Å²) in [5.74, 6) is 1.80. The highest BCUT2D eigenvalue weighted by Gasteiger charge is 2.56. The maximum atomic E-state index is 14.4. The molecule has 4 saturated carbocycles. The number of aryl methyl sites for hydroxylation is 1. The predicted molar refractivity (Wildman–Crippen MR) is 148 cm³/mol. The summed E-state index contributed by atoms with van der Waals surface area (Å²) in [6.07, 6.45) is 8.35. The molecule has 4 aliphatic rings. The Bertz CT molecular complexity index is 1640. The van der Waals surface area contributed by atoms with Crippen molar-refractivity contribution in [3.8, 4) is 17.2 Å². The van der Waals surface area contributed by atoms with Gasteiger partial charge in [-0.2, -0.15) is 15.3 Å². The van der Waals surface area contributed by atoms with Crippen molar-refractivity contribution in [2.75, 3.05) is 0 Å². The number of aromatic nitrogens is 4. The molecule has 4 fully saturated rings. The highest BCUT2D eigenvalue weighted by Crippen LogP contribution is 2.59. The van der Waals surface area contributed by atoms with Gasteiger partial charge in [0.25, 0.3) is 5.56 Å². The van der Waals surface area contributed by atoms with Crippen molar-refractivity contribution in [3.63, 3.8) is 0 Å². The summed E-state index contributed by atoms with van der Waals surface area (Å²) in [4.78, 5) is 19.0. The third kappa shape index (κ3) is 3.92. The van der Waals surface area contributed by atoms with Crippen LogP contribution in [0.4, 0.5) is 0 Å². The molecule has 2 aromatic carbocycles. The number of rotatable bonds is 6. The van der Waals surface area contributed by atoms with Crippen LogP contribution >= 0.6 is 0 Å². The van der Waals surface area contributed by atoms with Crippen molar-refractivity contribution in [2.24, 2.45) is 17.8 Å². The molecule has 39 heavy (non-hydrogen) atoms. The minimum absolute atomic E-state index is 0.0438. The Kier molecular flexibility index (Phi) is 5.71. The number of hydrogen-bond donors (Lipinski definition) is 1. The van der Waals surface area contributed by atoms with Crippen LogP contribution in [-0.2, 0) is 12.8 Å². The topological polar surface area (TPSA) is 96.2 Å². The van der Waals surface area contributed by atoms with Crippen LogP contribution in [-0.4, -0.2) is 29.9 Å². The van der Waals surface area contributed by atoms with E-state index in [2.05, 4.69) is 35.2 Å². The molecule has 0 amide bonds. The Morgan fingerprint density at radius 1 is 1.08 bits per heavy atom. The first-order chi connectivity index (χ1) is 19.0. The SMILES string of the molecule is CCCc1c(Cc2ccc(-c3ccccc3C#N)cc2)c(=O)n(C2[C@@H]3CC4C[C@H]2CC(O)(C4)C3)c2ncnn12. The number of benzene rings is 2. The van der Waals surface area contributed by atoms with Gasteiger partial charge in [-0.1, -0.05) is 55.8 Å². The zero-order chi connectivity index (χ0) is 26.7. The van der Waals surface area contributed by atoms with Crippen molar-refractivity contribution in [1.82, 2.24) is 19.2 Å². The molecular formula is C32H33N5O2. The lowest BCUT2D eigenvalue weighted by Crippen LogP contribution is -2.56. The van der Waals surface area contributed by atoms with E-state index in [1.807, 2.05) is 45.5 Å². The van der Waals surface area contributed by atoms with Gasteiger partial charge in [-0.3, -0.25) is 9.36 Å². The summed E-state index contributed by atoms with van der Waals surface area (Å²) in [6.45, 7) is 2.12. The summed E-state index contributed by atoms with van der Waals surface area (Å²) in [6, 6.07) is 18.2. The molecule has 0 spiro atoms. The average molecular weight is 520 g/mol. The molecule has 5 atom stereocenters. The molecule has 4 aromatic rings. The van der Waals surface area contributed by atoms with Crippen LogP contribution in [0.3, 0.4) is 0 Å². The molecule has 0 radical (unpaired) electrons. The molecule has 0 saturated heterocycles. The molecule has 198 valence electrons. The molecule has 2 aromatic heterocycles. The lowest BCUT2D eigenvalue weighted by atomic mass is 9.52. The Balaban J connectivity index is 1.31. The molecule has 8 rings (SSSR count). The van der Waals surface area contributed by atoms with E-state index in [0.29, 0.717) is 35.5 Å². The second kappa shape index (κ2) is 9.17. The van der Waals surface area contributed by atoms with Crippen LogP contribution in [0.1, 0.15) is 73.9 Å². The van der Waals surface area contributed by atoms with E-state index in [9.17, 15) is 15.2 Å². The second-order valence-corrected chi connectivity index (χ2v) is 12.0. The van der Waals surface area contributed by atoms with Gasteiger partial charge >= 0.3 is 0 Å². The lowest BCUT2D eigenvalue weighted by Gasteiger charge is -2.58. The van der Waals surface area contributed by atoms with Crippen molar-refractivity contribution in [3.05, 3.63) is 87.6 Å². The van der Waals surface area contributed by atoms with Gasteiger partial charge in [0, 0.05) is 18.0 Å². The van der Waals surface area contributed by atoms with Gasteiger partial charge in [-0.25, -0.2) is 4.52 Å². The Labute approximate surface area is 227 Å². The van der Waals surface area contributed by atoms with E-state index in [1.54, 1.807) is 6.33 Å². The number of aliphatic hydroxyl groups is 1. The normalized spacial score (nSPS) is 27.2. The number of nitrogens with zero attached hydrogens (tertiary/aromatic N) is 5.